The molecule has 0 heterocycles. The maximum Gasteiger partial charge on any atom is 0.227 e. The molecule has 1 aromatic rings. The summed E-state index contributed by atoms with van der Waals surface area (Å²) < 4.78 is 1.69. The largest absolute Gasteiger partial charge is 0.397 e. The van der Waals surface area contributed by atoms with Gasteiger partial charge in [-0.05, 0) is 59.7 Å². The summed E-state index contributed by atoms with van der Waals surface area (Å²) in [6, 6.07) is 3.68. The van der Waals surface area contributed by atoms with Crippen molar-refractivity contribution in [3.05, 3.63) is 21.1 Å². The molecule has 3 N–H and O–H groups in total. The quantitative estimate of drug-likeness (QED) is 0.728. The lowest BCUT2D eigenvalue weighted by atomic mass is 9.82. The minimum atomic E-state index is 0.0848. The lowest BCUT2D eigenvalue weighted by molar-refractivity contribution is -0.121. The van der Waals surface area contributed by atoms with E-state index in [2.05, 4.69) is 44.1 Å². The van der Waals surface area contributed by atoms with Crippen molar-refractivity contribution < 1.29 is 4.79 Å². The second-order valence-electron chi connectivity index (χ2n) is 5.30. The number of hydrogen-bond donors (Lipinski definition) is 2. The van der Waals surface area contributed by atoms with Gasteiger partial charge in [0.15, 0.2) is 0 Å². The summed E-state index contributed by atoms with van der Waals surface area (Å²) in [5.74, 6) is 0.946. The molecule has 2 rings (SSSR count). The fourth-order valence-electron chi connectivity index (χ4n) is 2.47. The van der Waals surface area contributed by atoms with Crippen LogP contribution in [0.3, 0.4) is 0 Å². The van der Waals surface area contributed by atoms with Crippen LogP contribution >= 0.6 is 31.9 Å². The normalized spacial score (nSPS) is 23.1. The van der Waals surface area contributed by atoms with Crippen molar-refractivity contribution in [1.82, 2.24) is 0 Å². The van der Waals surface area contributed by atoms with Gasteiger partial charge in [0.05, 0.1) is 11.4 Å². The van der Waals surface area contributed by atoms with Crippen LogP contribution in [0.25, 0.3) is 0 Å². The van der Waals surface area contributed by atoms with E-state index in [4.69, 9.17) is 5.73 Å². The zero-order chi connectivity index (χ0) is 14.0. The van der Waals surface area contributed by atoms with Crippen LogP contribution in [-0.4, -0.2) is 5.91 Å². The van der Waals surface area contributed by atoms with E-state index in [1.54, 1.807) is 6.07 Å². The highest BCUT2D eigenvalue weighted by Gasteiger charge is 2.25. The van der Waals surface area contributed by atoms with Crippen molar-refractivity contribution in [2.24, 2.45) is 11.8 Å². The van der Waals surface area contributed by atoms with Crippen molar-refractivity contribution in [1.29, 1.82) is 0 Å². The first kappa shape index (κ1) is 14.9. The van der Waals surface area contributed by atoms with E-state index < -0.39 is 0 Å². The lowest BCUT2D eigenvalue weighted by Crippen LogP contribution is -2.27. The number of nitrogen functional groups attached to an aromatic ring is 1. The molecule has 0 saturated heterocycles. The first-order valence-corrected chi connectivity index (χ1v) is 8.11. The van der Waals surface area contributed by atoms with Crippen LogP contribution in [0.15, 0.2) is 21.1 Å². The highest BCUT2D eigenvalue weighted by molar-refractivity contribution is 9.11. The van der Waals surface area contributed by atoms with Gasteiger partial charge in [-0.1, -0.05) is 22.9 Å². The van der Waals surface area contributed by atoms with E-state index in [0.717, 1.165) is 40.5 Å². The van der Waals surface area contributed by atoms with Gasteiger partial charge in [-0.3, -0.25) is 4.79 Å². The van der Waals surface area contributed by atoms with E-state index in [0.29, 0.717) is 11.4 Å². The maximum atomic E-state index is 12.3. The number of nitrogens with two attached hydrogens (primary N) is 1. The number of hydrogen-bond acceptors (Lipinski definition) is 2. The number of carbonyl (C=O) groups excluding carboxylic acids is 1. The lowest BCUT2D eigenvalue weighted by Gasteiger charge is -2.25. The average Bonchev–Trinajstić information content (AvgIpc) is 2.34. The Hall–Kier alpha value is -0.550. The molecule has 104 valence electrons. The molecule has 0 unspecified atom stereocenters. The van der Waals surface area contributed by atoms with Crippen molar-refractivity contribution in [3.8, 4) is 0 Å². The second-order valence-corrected chi connectivity index (χ2v) is 7.07. The fourth-order valence-corrected chi connectivity index (χ4v) is 3.83. The average molecular weight is 390 g/mol. The third-order valence-electron chi connectivity index (χ3n) is 3.72. The highest BCUT2D eigenvalue weighted by atomic mass is 79.9. The molecule has 3 nitrogen and oxygen atoms in total. The molecule has 19 heavy (non-hydrogen) atoms. The Morgan fingerprint density at radius 2 is 1.89 bits per heavy atom. The van der Waals surface area contributed by atoms with Crippen molar-refractivity contribution >= 4 is 49.1 Å². The summed E-state index contributed by atoms with van der Waals surface area (Å²) in [6.45, 7) is 2.25. The zero-order valence-corrected chi connectivity index (χ0v) is 14.1. The minimum Gasteiger partial charge on any atom is -0.397 e. The third kappa shape index (κ3) is 3.72. The van der Waals surface area contributed by atoms with Gasteiger partial charge in [-0.25, -0.2) is 0 Å². The molecule has 1 aliphatic rings. The number of nitrogens with one attached hydrogen (secondary N) is 1. The Labute approximate surface area is 130 Å². The van der Waals surface area contributed by atoms with Gasteiger partial charge < -0.3 is 11.1 Å². The first-order chi connectivity index (χ1) is 8.97. The van der Waals surface area contributed by atoms with Gasteiger partial charge in [0.2, 0.25) is 5.91 Å². The topological polar surface area (TPSA) is 55.1 Å². The van der Waals surface area contributed by atoms with Gasteiger partial charge in [0, 0.05) is 14.9 Å². The van der Waals surface area contributed by atoms with Gasteiger partial charge >= 0.3 is 0 Å². The van der Waals surface area contributed by atoms with Gasteiger partial charge in [-0.15, -0.1) is 0 Å². The minimum absolute atomic E-state index is 0.0848. The molecular weight excluding hydrogens is 372 g/mol. The van der Waals surface area contributed by atoms with E-state index in [1.165, 1.54) is 0 Å². The molecule has 0 aromatic heterocycles. The van der Waals surface area contributed by atoms with Crippen LogP contribution in [-0.2, 0) is 4.79 Å². The van der Waals surface area contributed by atoms with Gasteiger partial charge in [-0.2, -0.15) is 0 Å². The summed E-state index contributed by atoms with van der Waals surface area (Å²) in [5, 5.41) is 2.96. The number of carbonyl (C=O) groups is 1. The summed E-state index contributed by atoms with van der Waals surface area (Å²) in [7, 11) is 0. The summed E-state index contributed by atoms with van der Waals surface area (Å²) in [6.07, 6.45) is 4.21. The summed E-state index contributed by atoms with van der Waals surface area (Å²) in [4.78, 5) is 12.3. The molecule has 1 aliphatic carbocycles. The Morgan fingerprint density at radius 1 is 1.26 bits per heavy atom. The molecule has 1 aromatic carbocycles. The van der Waals surface area contributed by atoms with E-state index >= 15 is 0 Å². The van der Waals surface area contributed by atoms with Crippen LogP contribution in [0.5, 0.6) is 0 Å². The molecular formula is C14H18Br2N2O. The molecule has 5 heteroatoms. The van der Waals surface area contributed by atoms with Gasteiger partial charge in [0.1, 0.15) is 0 Å². The summed E-state index contributed by atoms with van der Waals surface area (Å²) in [5.41, 5.74) is 7.19. The number of benzene rings is 1. The van der Waals surface area contributed by atoms with E-state index in [9.17, 15) is 4.79 Å². The van der Waals surface area contributed by atoms with E-state index in [-0.39, 0.29) is 11.8 Å². The summed E-state index contributed by atoms with van der Waals surface area (Å²) >= 11 is 6.81. The van der Waals surface area contributed by atoms with Crippen molar-refractivity contribution in [3.63, 3.8) is 0 Å². The molecule has 0 radical (unpaired) electrons. The molecule has 1 fully saturated rings. The van der Waals surface area contributed by atoms with Crippen molar-refractivity contribution in [2.45, 2.75) is 32.6 Å². The van der Waals surface area contributed by atoms with Gasteiger partial charge in [0.25, 0.3) is 0 Å². The smallest absolute Gasteiger partial charge is 0.227 e. The molecule has 0 aliphatic heterocycles. The number of anilines is 2. The first-order valence-electron chi connectivity index (χ1n) is 6.52. The molecule has 0 atom stereocenters. The number of rotatable bonds is 2. The third-order valence-corrected chi connectivity index (χ3v) is 4.80. The predicted molar refractivity (Wildman–Crippen MR) is 86.0 cm³/mol. The molecule has 1 amide bonds. The standard InChI is InChI=1S/C14H18Br2N2O/c1-8-2-4-9(5-3-8)14(19)18-13-11(16)6-10(15)7-12(13)17/h6-9H,2-5,17H2,1H3,(H,18,19). The SMILES string of the molecule is CC1CCC(C(=O)Nc2c(N)cc(Br)cc2Br)CC1. The fraction of sp³-hybridized carbons (Fsp3) is 0.500. The van der Waals surface area contributed by atoms with Crippen LogP contribution in [0.4, 0.5) is 11.4 Å². The van der Waals surface area contributed by atoms with E-state index in [1.807, 2.05) is 6.07 Å². The molecule has 0 spiro atoms. The maximum absolute atomic E-state index is 12.3. The Kier molecular flexibility index (Phi) is 4.90. The highest BCUT2D eigenvalue weighted by Crippen LogP contribution is 2.34. The van der Waals surface area contributed by atoms with Crippen LogP contribution < -0.4 is 11.1 Å². The Morgan fingerprint density at radius 3 is 2.47 bits per heavy atom. The van der Waals surface area contributed by atoms with Crippen LogP contribution in [0, 0.1) is 11.8 Å². The number of halogens is 2. The Balaban J connectivity index is 2.07. The van der Waals surface area contributed by atoms with Crippen LogP contribution in [0.2, 0.25) is 0 Å². The molecule has 0 bridgehead atoms. The molecule has 1 saturated carbocycles. The Bertz CT molecular complexity index is 459. The van der Waals surface area contributed by atoms with Crippen molar-refractivity contribution in [2.75, 3.05) is 11.1 Å². The predicted octanol–water partition coefficient (Wildman–Crippen LogP) is 4.56. The number of amides is 1. The zero-order valence-electron chi connectivity index (χ0n) is 10.9. The monoisotopic (exact) mass is 388 g/mol. The van der Waals surface area contributed by atoms with Crippen LogP contribution in [0.1, 0.15) is 32.6 Å². The second kappa shape index (κ2) is 6.27.